The van der Waals surface area contributed by atoms with Crippen molar-refractivity contribution < 1.29 is 14.3 Å². The summed E-state index contributed by atoms with van der Waals surface area (Å²) in [5.74, 6) is 0.914. The molecular formula is C17H17BrClN3O3. The Morgan fingerprint density at radius 1 is 1.24 bits per heavy atom. The lowest BCUT2D eigenvalue weighted by Gasteiger charge is -2.09. The number of anilines is 1. The van der Waals surface area contributed by atoms with E-state index in [1.54, 1.807) is 38.5 Å². The fourth-order valence-electron chi connectivity index (χ4n) is 1.98. The molecule has 0 fully saturated rings. The van der Waals surface area contributed by atoms with Crippen molar-refractivity contribution in [3.63, 3.8) is 0 Å². The third-order valence-corrected chi connectivity index (χ3v) is 4.16. The van der Waals surface area contributed by atoms with Crippen molar-refractivity contribution in [3.05, 3.63) is 51.5 Å². The van der Waals surface area contributed by atoms with Gasteiger partial charge in [-0.2, -0.15) is 5.10 Å². The van der Waals surface area contributed by atoms with Crippen LogP contribution in [-0.4, -0.2) is 32.9 Å². The number of halogens is 2. The van der Waals surface area contributed by atoms with E-state index >= 15 is 0 Å². The predicted octanol–water partition coefficient (Wildman–Crippen LogP) is 3.68. The average Bonchev–Trinajstić information content (AvgIpc) is 2.61. The van der Waals surface area contributed by atoms with Gasteiger partial charge in [0.1, 0.15) is 11.5 Å². The maximum absolute atomic E-state index is 11.8. The summed E-state index contributed by atoms with van der Waals surface area (Å²) in [7, 11) is 3.12. The maximum Gasteiger partial charge on any atom is 0.259 e. The average molecular weight is 427 g/mol. The van der Waals surface area contributed by atoms with Gasteiger partial charge in [-0.1, -0.05) is 23.7 Å². The molecule has 0 aliphatic rings. The van der Waals surface area contributed by atoms with Crippen molar-refractivity contribution in [1.29, 1.82) is 0 Å². The molecule has 0 unspecified atom stereocenters. The van der Waals surface area contributed by atoms with E-state index in [2.05, 4.69) is 31.8 Å². The third-order valence-electron chi connectivity index (χ3n) is 3.21. The second-order valence-electron chi connectivity index (χ2n) is 4.86. The first-order chi connectivity index (χ1) is 12.0. The van der Waals surface area contributed by atoms with Crippen LogP contribution in [0.25, 0.3) is 0 Å². The predicted molar refractivity (Wildman–Crippen MR) is 103 cm³/mol. The second-order valence-corrected chi connectivity index (χ2v) is 6.12. The summed E-state index contributed by atoms with van der Waals surface area (Å²) in [6.07, 6.45) is 1.50. The molecule has 0 aliphatic carbocycles. The lowest BCUT2D eigenvalue weighted by molar-refractivity contribution is -0.119. The van der Waals surface area contributed by atoms with Crippen LogP contribution in [-0.2, 0) is 4.79 Å². The van der Waals surface area contributed by atoms with Gasteiger partial charge in [0.15, 0.2) is 0 Å². The maximum atomic E-state index is 11.8. The van der Waals surface area contributed by atoms with Crippen LogP contribution in [0, 0.1) is 0 Å². The van der Waals surface area contributed by atoms with Gasteiger partial charge in [0, 0.05) is 11.6 Å². The van der Waals surface area contributed by atoms with Crippen molar-refractivity contribution in [2.45, 2.75) is 0 Å². The number of para-hydroxylation sites is 1. The zero-order valence-electron chi connectivity index (χ0n) is 13.7. The molecule has 8 heteroatoms. The van der Waals surface area contributed by atoms with E-state index in [9.17, 15) is 4.79 Å². The minimum Gasteiger partial charge on any atom is -0.496 e. The first-order valence-corrected chi connectivity index (χ1v) is 8.44. The Kier molecular flexibility index (Phi) is 7.09. The highest BCUT2D eigenvalue weighted by Gasteiger charge is 2.08. The third kappa shape index (κ3) is 5.37. The highest BCUT2D eigenvalue weighted by molar-refractivity contribution is 9.10. The van der Waals surface area contributed by atoms with Crippen LogP contribution in [0.4, 0.5) is 5.69 Å². The molecule has 0 aliphatic heterocycles. The number of amides is 1. The number of benzene rings is 2. The molecule has 2 aromatic rings. The van der Waals surface area contributed by atoms with Crippen LogP contribution in [0.2, 0.25) is 5.02 Å². The Morgan fingerprint density at radius 2 is 1.96 bits per heavy atom. The molecule has 2 rings (SSSR count). The van der Waals surface area contributed by atoms with E-state index in [-0.39, 0.29) is 12.5 Å². The van der Waals surface area contributed by atoms with Crippen LogP contribution >= 0.6 is 27.5 Å². The van der Waals surface area contributed by atoms with Crippen molar-refractivity contribution >= 4 is 45.3 Å². The minimum absolute atomic E-state index is 0.0461. The second kappa shape index (κ2) is 9.29. The minimum atomic E-state index is -0.303. The summed E-state index contributed by atoms with van der Waals surface area (Å²) in [4.78, 5) is 11.8. The molecule has 0 atom stereocenters. The summed E-state index contributed by atoms with van der Waals surface area (Å²) < 4.78 is 11.2. The lowest BCUT2D eigenvalue weighted by atomic mass is 10.2. The van der Waals surface area contributed by atoms with Crippen molar-refractivity contribution in [1.82, 2.24) is 5.43 Å². The van der Waals surface area contributed by atoms with Crippen LogP contribution in [0.5, 0.6) is 11.5 Å². The molecule has 2 N–H and O–H groups in total. The van der Waals surface area contributed by atoms with E-state index in [1.807, 2.05) is 12.1 Å². The SMILES string of the molecule is COc1cc(OC)c(C=NNC(=O)CNc2ccccc2Cl)cc1Br. The Hall–Kier alpha value is -2.25. The van der Waals surface area contributed by atoms with E-state index in [0.29, 0.717) is 27.8 Å². The first-order valence-electron chi connectivity index (χ1n) is 7.27. The number of nitrogens with one attached hydrogen (secondary N) is 2. The summed E-state index contributed by atoms with van der Waals surface area (Å²) in [6, 6.07) is 10.7. The molecule has 0 radical (unpaired) electrons. The normalized spacial score (nSPS) is 10.6. The van der Waals surface area contributed by atoms with Crippen LogP contribution in [0.3, 0.4) is 0 Å². The summed E-state index contributed by atoms with van der Waals surface area (Å²) in [5.41, 5.74) is 3.82. The number of nitrogens with zero attached hydrogens (tertiary/aromatic N) is 1. The van der Waals surface area contributed by atoms with Crippen LogP contribution in [0.1, 0.15) is 5.56 Å². The number of methoxy groups -OCH3 is 2. The van der Waals surface area contributed by atoms with E-state index in [0.717, 1.165) is 4.47 Å². The summed E-state index contributed by atoms with van der Waals surface area (Å²) in [5, 5.41) is 7.43. The molecule has 0 heterocycles. The number of carbonyl (C=O) groups is 1. The smallest absolute Gasteiger partial charge is 0.259 e. The topological polar surface area (TPSA) is 72.0 Å². The fourth-order valence-corrected chi connectivity index (χ4v) is 2.70. The van der Waals surface area contributed by atoms with Gasteiger partial charge >= 0.3 is 0 Å². The zero-order chi connectivity index (χ0) is 18.2. The summed E-state index contributed by atoms with van der Waals surface area (Å²) >= 11 is 9.41. The van der Waals surface area contributed by atoms with Crippen LogP contribution in [0.15, 0.2) is 46.0 Å². The molecule has 0 aromatic heterocycles. The highest BCUT2D eigenvalue weighted by atomic mass is 79.9. The number of hydrogen-bond acceptors (Lipinski definition) is 5. The monoisotopic (exact) mass is 425 g/mol. The molecule has 132 valence electrons. The summed E-state index contributed by atoms with van der Waals surface area (Å²) in [6.45, 7) is 0.0461. The van der Waals surface area contributed by atoms with Gasteiger partial charge in [0.25, 0.3) is 5.91 Å². The zero-order valence-corrected chi connectivity index (χ0v) is 16.0. The van der Waals surface area contributed by atoms with Crippen molar-refractivity contribution in [2.24, 2.45) is 5.10 Å². The van der Waals surface area contributed by atoms with Gasteiger partial charge in [0.2, 0.25) is 0 Å². The molecule has 1 amide bonds. The Morgan fingerprint density at radius 3 is 2.64 bits per heavy atom. The van der Waals surface area contributed by atoms with Crippen molar-refractivity contribution in [3.8, 4) is 11.5 Å². The quantitative estimate of drug-likeness (QED) is 0.523. The molecule has 25 heavy (non-hydrogen) atoms. The number of carbonyl (C=O) groups excluding carboxylic acids is 1. The molecular weight excluding hydrogens is 410 g/mol. The number of hydrogen-bond donors (Lipinski definition) is 2. The lowest BCUT2D eigenvalue weighted by Crippen LogP contribution is -2.26. The Bertz CT molecular complexity index is 784. The van der Waals surface area contributed by atoms with Gasteiger partial charge < -0.3 is 14.8 Å². The Balaban J connectivity index is 1.95. The molecule has 2 aromatic carbocycles. The largest absolute Gasteiger partial charge is 0.496 e. The van der Waals surface area contributed by atoms with E-state index < -0.39 is 0 Å². The van der Waals surface area contributed by atoms with Gasteiger partial charge in [-0.05, 0) is 34.1 Å². The molecule has 0 bridgehead atoms. The standard InChI is InChI=1S/C17H17BrClN3O3/c1-24-15-8-16(25-2)12(18)7-11(15)9-21-22-17(23)10-20-14-6-4-3-5-13(14)19/h3-9,20H,10H2,1-2H3,(H,22,23). The van der Waals surface area contributed by atoms with Crippen LogP contribution < -0.4 is 20.2 Å². The van der Waals surface area contributed by atoms with E-state index in [4.69, 9.17) is 21.1 Å². The first kappa shape index (κ1) is 19.1. The van der Waals surface area contributed by atoms with Gasteiger partial charge in [-0.3, -0.25) is 4.79 Å². The van der Waals surface area contributed by atoms with Gasteiger partial charge in [-0.15, -0.1) is 0 Å². The fraction of sp³-hybridized carbons (Fsp3) is 0.176. The number of ether oxygens (including phenoxy) is 2. The van der Waals surface area contributed by atoms with Gasteiger partial charge in [0.05, 0.1) is 42.2 Å². The number of hydrazone groups is 1. The molecule has 0 saturated heterocycles. The molecule has 0 spiro atoms. The highest BCUT2D eigenvalue weighted by Crippen LogP contribution is 2.31. The Labute approximate surface area is 159 Å². The van der Waals surface area contributed by atoms with Gasteiger partial charge in [-0.25, -0.2) is 5.43 Å². The molecule has 6 nitrogen and oxygen atoms in total. The van der Waals surface area contributed by atoms with Crippen molar-refractivity contribution in [2.75, 3.05) is 26.1 Å². The molecule has 0 saturated carbocycles. The van der Waals surface area contributed by atoms with E-state index in [1.165, 1.54) is 6.21 Å². The number of rotatable bonds is 7.